The Morgan fingerprint density at radius 2 is 2.05 bits per heavy atom. The van der Waals surface area contributed by atoms with Gasteiger partial charge in [0.25, 0.3) is 0 Å². The summed E-state index contributed by atoms with van der Waals surface area (Å²) in [5.41, 5.74) is 0.866. The summed E-state index contributed by atoms with van der Waals surface area (Å²) in [6.07, 6.45) is 6.86. The molecule has 3 heterocycles. The van der Waals surface area contributed by atoms with Gasteiger partial charge >= 0.3 is 0 Å². The van der Waals surface area contributed by atoms with Crippen molar-refractivity contribution in [1.82, 2.24) is 19.9 Å². The van der Waals surface area contributed by atoms with Crippen molar-refractivity contribution in [3.8, 4) is 0 Å². The third-order valence-corrected chi connectivity index (χ3v) is 4.67. The van der Waals surface area contributed by atoms with E-state index in [0.717, 1.165) is 37.1 Å². The molecule has 0 amide bonds. The number of piperidine rings is 1. The van der Waals surface area contributed by atoms with Gasteiger partial charge in [-0.3, -0.25) is 0 Å². The lowest BCUT2D eigenvalue weighted by Crippen LogP contribution is -2.37. The molecule has 6 heteroatoms. The first-order chi connectivity index (χ1) is 10.3. The van der Waals surface area contributed by atoms with Crippen molar-refractivity contribution in [3.63, 3.8) is 0 Å². The second kappa shape index (κ2) is 5.46. The highest BCUT2D eigenvalue weighted by atomic mass is 35.5. The van der Waals surface area contributed by atoms with E-state index in [1.807, 2.05) is 18.3 Å². The minimum Gasteiger partial charge on any atom is -0.336 e. The highest BCUT2D eigenvalue weighted by Crippen LogP contribution is 2.32. The molecule has 1 saturated carbocycles. The standard InChI is InChI=1S/C15H20ClN5/c16-12-1-4-14-18-15(19-21(14)10-12)20(13-2-3-13)9-11-5-7-17-8-6-11/h1,4,10-11,13,17H,2-3,5-9H2. The molecule has 5 nitrogen and oxygen atoms in total. The molecule has 2 fully saturated rings. The summed E-state index contributed by atoms with van der Waals surface area (Å²) in [5, 5.41) is 8.75. The Morgan fingerprint density at radius 3 is 2.81 bits per heavy atom. The zero-order chi connectivity index (χ0) is 14.2. The summed E-state index contributed by atoms with van der Waals surface area (Å²) >= 11 is 6.03. The predicted octanol–water partition coefficient (Wildman–Crippen LogP) is 2.35. The van der Waals surface area contributed by atoms with Crippen molar-refractivity contribution in [2.24, 2.45) is 5.92 Å². The maximum absolute atomic E-state index is 6.03. The molecule has 1 aliphatic heterocycles. The van der Waals surface area contributed by atoms with Crippen LogP contribution in [0.25, 0.3) is 5.65 Å². The fourth-order valence-corrected chi connectivity index (χ4v) is 3.25. The molecule has 0 unspecified atom stereocenters. The van der Waals surface area contributed by atoms with Crippen LogP contribution in [-0.2, 0) is 0 Å². The van der Waals surface area contributed by atoms with Gasteiger partial charge in [-0.25, -0.2) is 4.52 Å². The van der Waals surface area contributed by atoms with Gasteiger partial charge in [0, 0.05) is 18.8 Å². The van der Waals surface area contributed by atoms with Gasteiger partial charge < -0.3 is 10.2 Å². The van der Waals surface area contributed by atoms with Crippen LogP contribution in [0.4, 0.5) is 5.95 Å². The Kier molecular flexibility index (Phi) is 3.47. The molecule has 1 aliphatic carbocycles. The van der Waals surface area contributed by atoms with Gasteiger partial charge in [-0.05, 0) is 56.8 Å². The van der Waals surface area contributed by atoms with Gasteiger partial charge in [0.2, 0.25) is 5.95 Å². The number of pyridine rings is 1. The van der Waals surface area contributed by atoms with Gasteiger partial charge in [-0.1, -0.05) is 11.6 Å². The van der Waals surface area contributed by atoms with E-state index in [9.17, 15) is 0 Å². The van der Waals surface area contributed by atoms with Crippen LogP contribution in [0.2, 0.25) is 5.02 Å². The summed E-state index contributed by atoms with van der Waals surface area (Å²) in [4.78, 5) is 7.10. The minimum absolute atomic E-state index is 0.632. The Hall–Kier alpha value is -1.33. The van der Waals surface area contributed by atoms with Crippen LogP contribution in [0, 0.1) is 5.92 Å². The van der Waals surface area contributed by atoms with E-state index >= 15 is 0 Å². The summed E-state index contributed by atoms with van der Waals surface area (Å²) in [5.74, 6) is 1.61. The van der Waals surface area contributed by atoms with E-state index in [-0.39, 0.29) is 0 Å². The van der Waals surface area contributed by atoms with Crippen molar-refractivity contribution in [3.05, 3.63) is 23.4 Å². The zero-order valence-corrected chi connectivity index (χ0v) is 12.8. The number of halogens is 1. The van der Waals surface area contributed by atoms with Gasteiger partial charge in [0.15, 0.2) is 5.65 Å². The van der Waals surface area contributed by atoms with E-state index in [4.69, 9.17) is 11.6 Å². The van der Waals surface area contributed by atoms with Crippen LogP contribution < -0.4 is 10.2 Å². The van der Waals surface area contributed by atoms with Gasteiger partial charge in [-0.2, -0.15) is 4.98 Å². The topological polar surface area (TPSA) is 45.5 Å². The molecular weight excluding hydrogens is 286 g/mol. The van der Waals surface area contributed by atoms with Crippen LogP contribution in [0.15, 0.2) is 18.3 Å². The fourth-order valence-electron chi connectivity index (χ4n) is 3.09. The van der Waals surface area contributed by atoms with Crippen molar-refractivity contribution in [1.29, 1.82) is 0 Å². The number of aromatic nitrogens is 3. The minimum atomic E-state index is 0.632. The van der Waals surface area contributed by atoms with Crippen LogP contribution in [0.1, 0.15) is 25.7 Å². The molecule has 0 aromatic carbocycles. The molecule has 1 saturated heterocycles. The van der Waals surface area contributed by atoms with Gasteiger partial charge in [-0.15, -0.1) is 5.10 Å². The van der Waals surface area contributed by atoms with E-state index in [0.29, 0.717) is 11.1 Å². The number of fused-ring (bicyclic) bond motifs is 1. The number of anilines is 1. The average Bonchev–Trinajstić information content (AvgIpc) is 3.25. The highest BCUT2D eigenvalue weighted by molar-refractivity contribution is 6.30. The Labute approximate surface area is 129 Å². The predicted molar refractivity (Wildman–Crippen MR) is 84.0 cm³/mol. The largest absolute Gasteiger partial charge is 0.336 e. The molecule has 4 rings (SSSR count). The monoisotopic (exact) mass is 305 g/mol. The quantitative estimate of drug-likeness (QED) is 0.942. The maximum atomic E-state index is 6.03. The number of rotatable bonds is 4. The summed E-state index contributed by atoms with van der Waals surface area (Å²) in [6.45, 7) is 3.35. The summed E-state index contributed by atoms with van der Waals surface area (Å²) < 4.78 is 1.79. The lowest BCUT2D eigenvalue weighted by molar-refractivity contribution is 0.371. The number of nitrogens with one attached hydrogen (secondary N) is 1. The number of nitrogens with zero attached hydrogens (tertiary/aromatic N) is 4. The fraction of sp³-hybridized carbons (Fsp3) is 0.600. The first-order valence-corrected chi connectivity index (χ1v) is 8.17. The number of hydrogen-bond donors (Lipinski definition) is 1. The maximum Gasteiger partial charge on any atom is 0.245 e. The third kappa shape index (κ3) is 2.85. The zero-order valence-electron chi connectivity index (χ0n) is 12.0. The van der Waals surface area contributed by atoms with E-state index in [2.05, 4.69) is 20.3 Å². The molecule has 0 bridgehead atoms. The number of hydrogen-bond acceptors (Lipinski definition) is 4. The SMILES string of the molecule is Clc1ccc2nc(N(CC3CCNCC3)C3CC3)nn2c1. The summed E-state index contributed by atoms with van der Waals surface area (Å²) in [7, 11) is 0. The van der Waals surface area contributed by atoms with E-state index < -0.39 is 0 Å². The van der Waals surface area contributed by atoms with E-state index in [1.165, 1.54) is 25.7 Å². The Morgan fingerprint density at radius 1 is 1.24 bits per heavy atom. The second-order valence-electron chi connectivity index (χ2n) is 6.14. The molecule has 2 aliphatic rings. The molecule has 0 spiro atoms. The lowest BCUT2D eigenvalue weighted by atomic mass is 9.97. The van der Waals surface area contributed by atoms with Crippen LogP contribution in [0.5, 0.6) is 0 Å². The van der Waals surface area contributed by atoms with Crippen molar-refractivity contribution >= 4 is 23.2 Å². The van der Waals surface area contributed by atoms with Gasteiger partial charge in [0.1, 0.15) is 0 Å². The van der Waals surface area contributed by atoms with Crippen LogP contribution in [0.3, 0.4) is 0 Å². The summed E-state index contributed by atoms with van der Waals surface area (Å²) in [6, 6.07) is 4.42. The lowest BCUT2D eigenvalue weighted by Gasteiger charge is -2.29. The van der Waals surface area contributed by atoms with Crippen molar-refractivity contribution in [2.45, 2.75) is 31.7 Å². The highest BCUT2D eigenvalue weighted by Gasteiger charge is 2.33. The molecule has 1 N–H and O–H groups in total. The molecular formula is C15H20ClN5. The van der Waals surface area contributed by atoms with Crippen molar-refractivity contribution in [2.75, 3.05) is 24.5 Å². The molecule has 0 atom stereocenters. The Balaban J connectivity index is 1.59. The van der Waals surface area contributed by atoms with Crippen LogP contribution >= 0.6 is 11.6 Å². The molecule has 21 heavy (non-hydrogen) atoms. The normalized spacial score (nSPS) is 20.0. The molecule has 2 aromatic heterocycles. The first kappa shape index (κ1) is 13.3. The smallest absolute Gasteiger partial charge is 0.245 e. The average molecular weight is 306 g/mol. The molecule has 0 radical (unpaired) electrons. The molecule has 112 valence electrons. The third-order valence-electron chi connectivity index (χ3n) is 4.44. The molecule has 2 aromatic rings. The first-order valence-electron chi connectivity index (χ1n) is 7.79. The van der Waals surface area contributed by atoms with Crippen LogP contribution in [-0.4, -0.2) is 40.3 Å². The van der Waals surface area contributed by atoms with E-state index in [1.54, 1.807) is 4.52 Å². The Bertz CT molecular complexity index is 630. The van der Waals surface area contributed by atoms with Crippen molar-refractivity contribution < 1.29 is 0 Å². The van der Waals surface area contributed by atoms with Gasteiger partial charge in [0.05, 0.1) is 5.02 Å². The second-order valence-corrected chi connectivity index (χ2v) is 6.58.